The molecule has 1 heterocycles. The maximum absolute atomic E-state index is 12.1. The summed E-state index contributed by atoms with van der Waals surface area (Å²) in [5.41, 5.74) is 1.13. The Kier molecular flexibility index (Phi) is 3.50. The molecule has 0 unspecified atom stereocenters. The third kappa shape index (κ3) is 2.71. The molecule has 0 bridgehead atoms. The monoisotopic (exact) mass is 289 g/mol. The summed E-state index contributed by atoms with van der Waals surface area (Å²) in [5, 5.41) is 13.1. The number of aliphatic hydroxyl groups is 1. The molecular formula is C14H15N3O2S. The summed E-state index contributed by atoms with van der Waals surface area (Å²) < 4.78 is 8.21. The van der Waals surface area contributed by atoms with Crippen molar-refractivity contribution in [2.24, 2.45) is 0 Å². The zero-order chi connectivity index (χ0) is 14.0. The summed E-state index contributed by atoms with van der Waals surface area (Å²) in [6.07, 6.45) is 6.36. The van der Waals surface area contributed by atoms with E-state index in [1.165, 1.54) is 0 Å². The van der Waals surface area contributed by atoms with Crippen LogP contribution in [-0.4, -0.2) is 31.9 Å². The molecule has 1 amide bonds. The smallest absolute Gasteiger partial charge is 0.251 e. The molecule has 0 saturated carbocycles. The molecule has 3 rings (SSSR count). The van der Waals surface area contributed by atoms with Crippen molar-refractivity contribution in [1.82, 2.24) is 14.1 Å². The van der Waals surface area contributed by atoms with Gasteiger partial charge in [0.25, 0.3) is 5.91 Å². The van der Waals surface area contributed by atoms with Crippen molar-refractivity contribution in [2.75, 3.05) is 6.54 Å². The van der Waals surface area contributed by atoms with Gasteiger partial charge < -0.3 is 10.4 Å². The van der Waals surface area contributed by atoms with Crippen molar-refractivity contribution in [3.8, 4) is 0 Å². The lowest BCUT2D eigenvalue weighted by Gasteiger charge is -2.27. The number of carbonyl (C=O) groups is 1. The number of fused-ring (bicyclic) bond motifs is 1. The molecule has 0 radical (unpaired) electrons. The first kappa shape index (κ1) is 13.2. The highest BCUT2D eigenvalue weighted by Gasteiger charge is 2.25. The van der Waals surface area contributed by atoms with Crippen molar-refractivity contribution >= 4 is 28.7 Å². The maximum atomic E-state index is 12.1. The van der Waals surface area contributed by atoms with Crippen molar-refractivity contribution < 1.29 is 9.90 Å². The Labute approximate surface area is 120 Å². The van der Waals surface area contributed by atoms with Gasteiger partial charge in [-0.3, -0.25) is 4.79 Å². The molecule has 0 fully saturated rings. The van der Waals surface area contributed by atoms with Crippen molar-refractivity contribution in [1.29, 1.82) is 0 Å². The first-order chi connectivity index (χ1) is 9.66. The van der Waals surface area contributed by atoms with E-state index in [1.54, 1.807) is 24.3 Å². The van der Waals surface area contributed by atoms with Crippen molar-refractivity contribution in [3.63, 3.8) is 0 Å². The predicted molar refractivity (Wildman–Crippen MR) is 77.7 cm³/mol. The van der Waals surface area contributed by atoms with Gasteiger partial charge in [-0.2, -0.15) is 8.75 Å². The van der Waals surface area contributed by atoms with E-state index in [2.05, 4.69) is 14.1 Å². The van der Waals surface area contributed by atoms with Crippen LogP contribution in [0.25, 0.3) is 11.0 Å². The van der Waals surface area contributed by atoms with Crippen LogP contribution in [0.15, 0.2) is 30.4 Å². The topological polar surface area (TPSA) is 75.1 Å². The Bertz CT molecular complexity index is 667. The Morgan fingerprint density at radius 2 is 2.25 bits per heavy atom. The van der Waals surface area contributed by atoms with E-state index < -0.39 is 5.60 Å². The lowest BCUT2D eigenvalue weighted by Crippen LogP contribution is -2.42. The number of hydrogen-bond acceptors (Lipinski definition) is 5. The Morgan fingerprint density at radius 1 is 1.40 bits per heavy atom. The number of nitrogens with one attached hydrogen (secondary N) is 1. The van der Waals surface area contributed by atoms with Crippen LogP contribution in [0.2, 0.25) is 0 Å². The number of benzene rings is 1. The second-order valence-corrected chi connectivity index (χ2v) is 5.58. The summed E-state index contributed by atoms with van der Waals surface area (Å²) in [6, 6.07) is 5.22. The standard InChI is InChI=1S/C14H15N3O2S/c18-13(15-9-14(19)6-2-1-3-7-14)10-4-5-11-12(8-10)17-20-16-11/h2,4-6,8,19H,1,3,7,9H2,(H,15,18)/t14-/m0/s1. The number of rotatable bonds is 3. The molecule has 1 atom stereocenters. The van der Waals surface area contributed by atoms with Gasteiger partial charge in [0.2, 0.25) is 0 Å². The van der Waals surface area contributed by atoms with Crippen LogP contribution in [0.4, 0.5) is 0 Å². The Balaban J connectivity index is 1.69. The highest BCUT2D eigenvalue weighted by atomic mass is 32.1. The van der Waals surface area contributed by atoms with Crippen LogP contribution in [0, 0.1) is 0 Å². The number of allylic oxidation sites excluding steroid dienone is 1. The van der Waals surface area contributed by atoms with Gasteiger partial charge in [-0.25, -0.2) is 0 Å². The molecule has 1 aromatic carbocycles. The molecular weight excluding hydrogens is 274 g/mol. The lowest BCUT2D eigenvalue weighted by atomic mass is 9.91. The van der Waals surface area contributed by atoms with E-state index >= 15 is 0 Å². The molecule has 5 nitrogen and oxygen atoms in total. The molecule has 20 heavy (non-hydrogen) atoms. The van der Waals surface area contributed by atoms with Crippen molar-refractivity contribution in [3.05, 3.63) is 35.9 Å². The lowest BCUT2D eigenvalue weighted by molar-refractivity contribution is 0.0660. The minimum atomic E-state index is -0.916. The molecule has 1 aliphatic rings. The van der Waals surface area contributed by atoms with Crippen LogP contribution < -0.4 is 5.32 Å². The largest absolute Gasteiger partial charge is 0.384 e. The fourth-order valence-electron chi connectivity index (χ4n) is 2.32. The molecule has 1 aliphatic carbocycles. The quantitative estimate of drug-likeness (QED) is 0.846. The molecule has 2 aromatic rings. The third-order valence-electron chi connectivity index (χ3n) is 3.48. The molecule has 104 valence electrons. The second-order valence-electron chi connectivity index (χ2n) is 5.05. The Hall–Kier alpha value is -1.79. The number of amides is 1. The molecule has 0 aliphatic heterocycles. The molecule has 2 N–H and O–H groups in total. The van der Waals surface area contributed by atoms with Crippen LogP contribution in [0.5, 0.6) is 0 Å². The average Bonchev–Trinajstić information content (AvgIpc) is 2.93. The van der Waals surface area contributed by atoms with E-state index in [0.29, 0.717) is 12.0 Å². The fraction of sp³-hybridized carbons (Fsp3) is 0.357. The molecule has 6 heteroatoms. The van der Waals surface area contributed by atoms with Crippen LogP contribution in [0.1, 0.15) is 29.6 Å². The summed E-state index contributed by atoms with van der Waals surface area (Å²) in [5.74, 6) is -0.202. The first-order valence-corrected chi connectivity index (χ1v) is 7.30. The van der Waals surface area contributed by atoms with Gasteiger partial charge in [0.15, 0.2) is 0 Å². The van der Waals surface area contributed by atoms with E-state index in [-0.39, 0.29) is 12.5 Å². The highest BCUT2D eigenvalue weighted by molar-refractivity contribution is 7.00. The van der Waals surface area contributed by atoms with E-state index in [9.17, 15) is 9.90 Å². The van der Waals surface area contributed by atoms with Gasteiger partial charge in [-0.1, -0.05) is 12.2 Å². The summed E-state index contributed by atoms with van der Waals surface area (Å²) in [4.78, 5) is 12.1. The third-order valence-corrected chi connectivity index (χ3v) is 4.04. The van der Waals surface area contributed by atoms with Crippen LogP contribution in [0.3, 0.4) is 0 Å². The summed E-state index contributed by atoms with van der Waals surface area (Å²) >= 11 is 1.13. The van der Waals surface area contributed by atoms with E-state index in [0.717, 1.165) is 35.6 Å². The fourth-order valence-corrected chi connectivity index (χ4v) is 2.84. The zero-order valence-corrected chi connectivity index (χ0v) is 11.7. The van der Waals surface area contributed by atoms with Crippen molar-refractivity contribution in [2.45, 2.75) is 24.9 Å². The summed E-state index contributed by atoms with van der Waals surface area (Å²) in [7, 11) is 0. The average molecular weight is 289 g/mol. The van der Waals surface area contributed by atoms with Gasteiger partial charge in [-0.15, -0.1) is 0 Å². The molecule has 1 aromatic heterocycles. The van der Waals surface area contributed by atoms with Gasteiger partial charge in [0.05, 0.1) is 23.9 Å². The predicted octanol–water partition coefficient (Wildman–Crippen LogP) is 1.89. The van der Waals surface area contributed by atoms with Gasteiger partial charge in [-0.05, 0) is 37.5 Å². The number of carbonyl (C=O) groups excluding carboxylic acids is 1. The minimum Gasteiger partial charge on any atom is -0.384 e. The van der Waals surface area contributed by atoms with E-state index in [4.69, 9.17) is 0 Å². The number of hydrogen-bond donors (Lipinski definition) is 2. The number of nitrogens with zero attached hydrogens (tertiary/aromatic N) is 2. The van der Waals surface area contributed by atoms with Crippen LogP contribution >= 0.6 is 11.7 Å². The Morgan fingerprint density at radius 3 is 3.05 bits per heavy atom. The maximum Gasteiger partial charge on any atom is 0.251 e. The zero-order valence-electron chi connectivity index (χ0n) is 10.9. The molecule has 0 saturated heterocycles. The minimum absolute atomic E-state index is 0.202. The van der Waals surface area contributed by atoms with Gasteiger partial charge >= 0.3 is 0 Å². The number of aromatic nitrogens is 2. The first-order valence-electron chi connectivity index (χ1n) is 6.57. The highest BCUT2D eigenvalue weighted by Crippen LogP contribution is 2.21. The van der Waals surface area contributed by atoms with Gasteiger partial charge in [0.1, 0.15) is 11.0 Å². The van der Waals surface area contributed by atoms with Crippen LogP contribution in [-0.2, 0) is 0 Å². The van der Waals surface area contributed by atoms with E-state index in [1.807, 2.05) is 6.08 Å². The molecule has 0 spiro atoms. The SMILES string of the molecule is O=C(NC[C@]1(O)C=CCCC1)c1ccc2nsnc2c1. The normalized spacial score (nSPS) is 22.1. The summed E-state index contributed by atoms with van der Waals surface area (Å²) in [6.45, 7) is 0.232. The second kappa shape index (κ2) is 5.30. The van der Waals surface area contributed by atoms with Gasteiger partial charge in [0, 0.05) is 5.56 Å².